The van der Waals surface area contributed by atoms with E-state index >= 15 is 0 Å². The lowest BCUT2D eigenvalue weighted by Crippen LogP contribution is -2.03. The third kappa shape index (κ3) is 4.84. The Morgan fingerprint density at radius 2 is 1.76 bits per heavy atom. The Kier molecular flexibility index (Phi) is 5.66. The van der Waals surface area contributed by atoms with E-state index in [1.54, 1.807) is 36.7 Å². The average molecular weight is 335 g/mol. The van der Waals surface area contributed by atoms with Crippen molar-refractivity contribution in [3.8, 4) is 17.5 Å². The molecule has 2 heterocycles. The highest BCUT2D eigenvalue weighted by atomic mass is 16.5. The molecule has 0 atom stereocenters. The molecule has 3 rings (SSSR count). The zero-order valence-corrected chi connectivity index (χ0v) is 13.5. The Morgan fingerprint density at radius 1 is 0.960 bits per heavy atom. The minimum Gasteiger partial charge on any atom is -0.474 e. The molecule has 3 aromatic rings. The number of carbonyl (C=O) groups is 1. The highest BCUT2D eigenvalue weighted by molar-refractivity contribution is 5.74. The number of aryl methyl sites for hydroxylation is 1. The number of pyridine rings is 1. The van der Waals surface area contributed by atoms with Gasteiger partial charge in [0.1, 0.15) is 12.0 Å². The first-order valence-electron chi connectivity index (χ1n) is 7.91. The van der Waals surface area contributed by atoms with Crippen LogP contribution in [0.5, 0.6) is 17.5 Å². The lowest BCUT2D eigenvalue weighted by atomic mass is 10.2. The zero-order valence-electron chi connectivity index (χ0n) is 13.5. The first-order valence-corrected chi connectivity index (χ1v) is 7.91. The number of benzene rings is 1. The SMILES string of the molecule is O=Cc1ccc(Oc2nccnc2OCCCc2cccnc2)cc1. The van der Waals surface area contributed by atoms with Crippen LogP contribution in [0.2, 0.25) is 0 Å². The monoisotopic (exact) mass is 335 g/mol. The van der Waals surface area contributed by atoms with E-state index in [-0.39, 0.29) is 0 Å². The Labute approximate surface area is 145 Å². The summed E-state index contributed by atoms with van der Waals surface area (Å²) in [4.78, 5) is 23.1. The van der Waals surface area contributed by atoms with Crippen LogP contribution in [-0.2, 0) is 6.42 Å². The second-order valence-electron chi connectivity index (χ2n) is 5.27. The Morgan fingerprint density at radius 3 is 2.48 bits per heavy atom. The number of carbonyl (C=O) groups excluding carboxylic acids is 1. The van der Waals surface area contributed by atoms with Crippen molar-refractivity contribution in [1.82, 2.24) is 15.0 Å². The summed E-state index contributed by atoms with van der Waals surface area (Å²) < 4.78 is 11.4. The van der Waals surface area contributed by atoms with Gasteiger partial charge in [-0.25, -0.2) is 9.97 Å². The minimum atomic E-state index is 0.294. The van der Waals surface area contributed by atoms with Gasteiger partial charge in [0.2, 0.25) is 0 Å². The highest BCUT2D eigenvalue weighted by Crippen LogP contribution is 2.26. The zero-order chi connectivity index (χ0) is 17.3. The van der Waals surface area contributed by atoms with Gasteiger partial charge >= 0.3 is 0 Å². The van der Waals surface area contributed by atoms with Crippen molar-refractivity contribution in [1.29, 1.82) is 0 Å². The summed E-state index contributed by atoms with van der Waals surface area (Å²) in [5.74, 6) is 1.20. The lowest BCUT2D eigenvalue weighted by molar-refractivity contribution is 0.112. The molecule has 0 aliphatic heterocycles. The van der Waals surface area contributed by atoms with Crippen LogP contribution in [0, 0.1) is 0 Å². The first kappa shape index (κ1) is 16.6. The van der Waals surface area contributed by atoms with Gasteiger partial charge in [0.05, 0.1) is 6.61 Å². The van der Waals surface area contributed by atoms with E-state index in [1.807, 2.05) is 18.3 Å². The third-order valence-electron chi connectivity index (χ3n) is 3.44. The fourth-order valence-corrected chi connectivity index (χ4v) is 2.20. The van der Waals surface area contributed by atoms with Crippen molar-refractivity contribution in [3.63, 3.8) is 0 Å². The Balaban J connectivity index is 1.57. The fourth-order valence-electron chi connectivity index (χ4n) is 2.20. The number of aromatic nitrogens is 3. The molecule has 0 saturated carbocycles. The number of aldehydes is 1. The van der Waals surface area contributed by atoms with Gasteiger partial charge in [-0.2, -0.15) is 0 Å². The van der Waals surface area contributed by atoms with Crippen LogP contribution in [0.1, 0.15) is 22.3 Å². The molecule has 25 heavy (non-hydrogen) atoms. The molecule has 1 aromatic carbocycles. The second-order valence-corrected chi connectivity index (χ2v) is 5.27. The third-order valence-corrected chi connectivity index (χ3v) is 3.44. The molecule has 6 heteroatoms. The number of hydrogen-bond donors (Lipinski definition) is 0. The maximum atomic E-state index is 10.7. The van der Waals surface area contributed by atoms with E-state index in [4.69, 9.17) is 9.47 Å². The summed E-state index contributed by atoms with van der Waals surface area (Å²) in [6, 6.07) is 10.7. The summed E-state index contributed by atoms with van der Waals surface area (Å²) in [5.41, 5.74) is 1.75. The van der Waals surface area contributed by atoms with Crippen LogP contribution < -0.4 is 9.47 Å². The summed E-state index contributed by atoms with van der Waals surface area (Å²) in [7, 11) is 0. The quantitative estimate of drug-likeness (QED) is 0.463. The first-order chi connectivity index (χ1) is 12.3. The summed E-state index contributed by atoms with van der Waals surface area (Å²) in [5, 5.41) is 0. The molecule has 126 valence electrons. The van der Waals surface area contributed by atoms with Crippen molar-refractivity contribution >= 4 is 6.29 Å². The van der Waals surface area contributed by atoms with Crippen molar-refractivity contribution in [3.05, 3.63) is 72.3 Å². The Hall–Kier alpha value is -3.28. The molecule has 0 N–H and O–H groups in total. The summed E-state index contributed by atoms with van der Waals surface area (Å²) in [6.45, 7) is 0.494. The molecule has 0 unspecified atom stereocenters. The molecule has 0 radical (unpaired) electrons. The van der Waals surface area contributed by atoms with Crippen molar-refractivity contribution in [2.24, 2.45) is 0 Å². The van der Waals surface area contributed by atoms with Crippen LogP contribution in [0.3, 0.4) is 0 Å². The molecular weight excluding hydrogens is 318 g/mol. The van der Waals surface area contributed by atoms with Crippen LogP contribution in [0.25, 0.3) is 0 Å². The van der Waals surface area contributed by atoms with Gasteiger partial charge in [-0.05, 0) is 48.7 Å². The van der Waals surface area contributed by atoms with Gasteiger partial charge in [0.15, 0.2) is 0 Å². The van der Waals surface area contributed by atoms with Gasteiger partial charge in [-0.15, -0.1) is 0 Å². The maximum absolute atomic E-state index is 10.7. The normalized spacial score (nSPS) is 10.2. The lowest BCUT2D eigenvalue weighted by Gasteiger charge is -2.10. The molecule has 0 bridgehead atoms. The van der Waals surface area contributed by atoms with Gasteiger partial charge in [-0.1, -0.05) is 6.07 Å². The number of nitrogens with zero attached hydrogens (tertiary/aromatic N) is 3. The van der Waals surface area contributed by atoms with Gasteiger partial charge in [0, 0.05) is 30.4 Å². The number of rotatable bonds is 8. The topological polar surface area (TPSA) is 74.2 Å². The van der Waals surface area contributed by atoms with E-state index in [0.717, 1.165) is 24.7 Å². The van der Waals surface area contributed by atoms with Crippen LogP contribution in [0.4, 0.5) is 0 Å². The minimum absolute atomic E-state index is 0.294. The Bertz CT molecular complexity index is 808. The van der Waals surface area contributed by atoms with Gasteiger partial charge < -0.3 is 9.47 Å². The number of hydrogen-bond acceptors (Lipinski definition) is 6. The summed E-state index contributed by atoms with van der Waals surface area (Å²) in [6.07, 6.45) is 9.18. The molecule has 0 fully saturated rings. The fraction of sp³-hybridized carbons (Fsp3) is 0.158. The second kappa shape index (κ2) is 8.54. The number of ether oxygens (including phenoxy) is 2. The maximum Gasteiger partial charge on any atom is 0.283 e. The molecule has 2 aromatic heterocycles. The summed E-state index contributed by atoms with van der Waals surface area (Å²) >= 11 is 0. The predicted molar refractivity (Wildman–Crippen MR) is 92.0 cm³/mol. The molecule has 0 spiro atoms. The van der Waals surface area contributed by atoms with Gasteiger partial charge in [-0.3, -0.25) is 9.78 Å². The van der Waals surface area contributed by atoms with Crippen LogP contribution >= 0.6 is 0 Å². The smallest absolute Gasteiger partial charge is 0.283 e. The predicted octanol–water partition coefficient (Wildman–Crippen LogP) is 3.49. The van der Waals surface area contributed by atoms with E-state index in [1.165, 1.54) is 6.20 Å². The van der Waals surface area contributed by atoms with Crippen molar-refractivity contribution in [2.45, 2.75) is 12.8 Å². The highest BCUT2D eigenvalue weighted by Gasteiger charge is 2.09. The standard InChI is InChI=1S/C19H17N3O3/c23-14-16-5-7-17(8-6-16)25-19-18(21-10-11-22-19)24-12-2-4-15-3-1-9-20-13-15/h1,3,5-11,13-14H,2,4,12H2. The van der Waals surface area contributed by atoms with E-state index in [2.05, 4.69) is 15.0 Å². The molecular formula is C19H17N3O3. The van der Waals surface area contributed by atoms with E-state index < -0.39 is 0 Å². The van der Waals surface area contributed by atoms with Crippen molar-refractivity contribution in [2.75, 3.05) is 6.61 Å². The van der Waals surface area contributed by atoms with Crippen LogP contribution in [-0.4, -0.2) is 27.8 Å². The average Bonchev–Trinajstić information content (AvgIpc) is 2.68. The van der Waals surface area contributed by atoms with E-state index in [0.29, 0.717) is 29.7 Å². The molecule has 0 aliphatic rings. The largest absolute Gasteiger partial charge is 0.474 e. The van der Waals surface area contributed by atoms with Crippen LogP contribution in [0.15, 0.2) is 61.2 Å². The molecule has 0 amide bonds. The molecule has 6 nitrogen and oxygen atoms in total. The van der Waals surface area contributed by atoms with E-state index in [9.17, 15) is 4.79 Å². The molecule has 0 aliphatic carbocycles. The van der Waals surface area contributed by atoms with Crippen molar-refractivity contribution < 1.29 is 14.3 Å². The molecule has 0 saturated heterocycles. The van der Waals surface area contributed by atoms with Gasteiger partial charge in [0.25, 0.3) is 11.8 Å².